The fraction of sp³-hybridized carbons (Fsp3) is 0.474. The predicted octanol–water partition coefficient (Wildman–Crippen LogP) is 4.66. The topological polar surface area (TPSA) is 49.3 Å². The van der Waals surface area contributed by atoms with E-state index in [1.54, 1.807) is 18.4 Å². The molecule has 138 valence electrons. The molecule has 0 spiro atoms. The molecule has 0 aliphatic heterocycles. The highest BCUT2D eigenvalue weighted by Gasteiger charge is 2.09. The lowest BCUT2D eigenvalue weighted by atomic mass is 9.99. The number of guanidine groups is 1. The molecule has 1 unspecified atom stereocenters. The lowest BCUT2D eigenvalue weighted by Gasteiger charge is -2.16. The molecule has 0 radical (unpaired) electrons. The maximum Gasteiger partial charge on any atom is 0.191 e. The number of thiazole rings is 1. The van der Waals surface area contributed by atoms with Crippen LogP contribution in [0.5, 0.6) is 0 Å². The molecule has 0 amide bonds. The van der Waals surface area contributed by atoms with Gasteiger partial charge in [0, 0.05) is 19.0 Å². The van der Waals surface area contributed by atoms with Crippen LogP contribution in [0.4, 0.5) is 0 Å². The largest absolute Gasteiger partial charge is 0.356 e. The van der Waals surface area contributed by atoms with E-state index in [0.717, 1.165) is 23.2 Å². The first-order valence-corrected chi connectivity index (χ1v) is 9.33. The van der Waals surface area contributed by atoms with Crippen LogP contribution in [0, 0.1) is 6.92 Å². The fourth-order valence-corrected chi connectivity index (χ4v) is 3.29. The minimum atomic E-state index is 0. The Kier molecular flexibility index (Phi) is 9.42. The van der Waals surface area contributed by atoms with Gasteiger partial charge in [0.1, 0.15) is 5.01 Å². The summed E-state index contributed by atoms with van der Waals surface area (Å²) in [5.41, 5.74) is 3.80. The van der Waals surface area contributed by atoms with E-state index in [1.165, 1.54) is 11.1 Å². The molecule has 0 saturated heterocycles. The zero-order valence-electron chi connectivity index (χ0n) is 15.7. The average molecular weight is 472 g/mol. The van der Waals surface area contributed by atoms with Gasteiger partial charge in [-0.2, -0.15) is 0 Å². The number of nitrogens with one attached hydrogen (secondary N) is 2. The Morgan fingerprint density at radius 2 is 2.00 bits per heavy atom. The molecule has 4 nitrogen and oxygen atoms in total. The first-order valence-electron chi connectivity index (χ1n) is 8.45. The molecule has 1 atom stereocenters. The molecule has 25 heavy (non-hydrogen) atoms. The number of aromatic nitrogens is 1. The van der Waals surface area contributed by atoms with Crippen LogP contribution in [-0.2, 0) is 6.54 Å². The van der Waals surface area contributed by atoms with Crippen molar-refractivity contribution in [2.45, 2.75) is 46.1 Å². The maximum absolute atomic E-state index is 4.64. The third kappa shape index (κ3) is 6.93. The van der Waals surface area contributed by atoms with Crippen LogP contribution in [0.3, 0.4) is 0 Å². The van der Waals surface area contributed by atoms with E-state index in [0.29, 0.717) is 18.4 Å². The summed E-state index contributed by atoms with van der Waals surface area (Å²) in [6.07, 6.45) is 0. The van der Waals surface area contributed by atoms with E-state index < -0.39 is 0 Å². The average Bonchev–Trinajstić information content (AvgIpc) is 3.04. The molecule has 0 saturated carbocycles. The Bertz CT molecular complexity index is 682. The van der Waals surface area contributed by atoms with E-state index in [1.807, 2.05) is 0 Å². The van der Waals surface area contributed by atoms with Gasteiger partial charge in [-0.25, -0.2) is 4.98 Å². The van der Waals surface area contributed by atoms with Gasteiger partial charge in [0.05, 0.1) is 12.2 Å². The van der Waals surface area contributed by atoms with Gasteiger partial charge in [0.2, 0.25) is 0 Å². The summed E-state index contributed by atoms with van der Waals surface area (Å²) < 4.78 is 0. The summed E-state index contributed by atoms with van der Waals surface area (Å²) >= 11 is 1.70. The first-order chi connectivity index (χ1) is 11.5. The highest BCUT2D eigenvalue weighted by atomic mass is 127. The smallest absolute Gasteiger partial charge is 0.191 e. The molecular formula is C19H29IN4S. The highest BCUT2D eigenvalue weighted by molar-refractivity contribution is 14.0. The van der Waals surface area contributed by atoms with Crippen molar-refractivity contribution in [3.8, 4) is 0 Å². The van der Waals surface area contributed by atoms with Gasteiger partial charge < -0.3 is 10.6 Å². The van der Waals surface area contributed by atoms with Crippen molar-refractivity contribution >= 4 is 41.3 Å². The summed E-state index contributed by atoms with van der Waals surface area (Å²) in [7, 11) is 1.80. The van der Waals surface area contributed by atoms with Crippen molar-refractivity contribution < 1.29 is 0 Å². The summed E-state index contributed by atoms with van der Waals surface area (Å²) in [6.45, 7) is 10.2. The highest BCUT2D eigenvalue weighted by Crippen LogP contribution is 2.17. The Labute approximate surface area is 172 Å². The van der Waals surface area contributed by atoms with Crippen molar-refractivity contribution in [1.29, 1.82) is 0 Å². The van der Waals surface area contributed by atoms with E-state index in [2.05, 4.69) is 78.0 Å². The number of benzene rings is 1. The van der Waals surface area contributed by atoms with E-state index >= 15 is 0 Å². The quantitative estimate of drug-likeness (QED) is 0.365. The van der Waals surface area contributed by atoms with Crippen LogP contribution in [0.15, 0.2) is 34.6 Å². The monoisotopic (exact) mass is 472 g/mol. The second-order valence-corrected chi connectivity index (χ2v) is 7.39. The molecule has 1 aromatic heterocycles. The second kappa shape index (κ2) is 10.8. The molecule has 0 aliphatic carbocycles. The van der Waals surface area contributed by atoms with Crippen LogP contribution in [0.1, 0.15) is 54.4 Å². The van der Waals surface area contributed by atoms with Crippen molar-refractivity contribution in [3.63, 3.8) is 0 Å². The van der Waals surface area contributed by atoms with Crippen molar-refractivity contribution in [3.05, 3.63) is 51.5 Å². The van der Waals surface area contributed by atoms with Gasteiger partial charge in [-0.3, -0.25) is 4.99 Å². The van der Waals surface area contributed by atoms with Crippen LogP contribution < -0.4 is 10.6 Å². The Balaban J connectivity index is 0.00000312. The SMILES string of the molecule is CN=C(NCc1nc(C(C)C)cs1)NCC(C)c1cccc(C)c1.I. The van der Waals surface area contributed by atoms with Gasteiger partial charge in [-0.1, -0.05) is 50.6 Å². The predicted molar refractivity (Wildman–Crippen MR) is 119 cm³/mol. The minimum Gasteiger partial charge on any atom is -0.356 e. The van der Waals surface area contributed by atoms with Crippen molar-refractivity contribution in [1.82, 2.24) is 15.6 Å². The number of aryl methyl sites for hydroxylation is 1. The van der Waals surface area contributed by atoms with Crippen LogP contribution in [0.2, 0.25) is 0 Å². The fourth-order valence-electron chi connectivity index (χ4n) is 2.40. The molecule has 1 aromatic carbocycles. The van der Waals surface area contributed by atoms with Gasteiger partial charge in [-0.05, 0) is 24.3 Å². The van der Waals surface area contributed by atoms with Crippen LogP contribution in [-0.4, -0.2) is 24.5 Å². The van der Waals surface area contributed by atoms with Crippen molar-refractivity contribution in [2.75, 3.05) is 13.6 Å². The number of rotatable bonds is 6. The maximum atomic E-state index is 4.64. The van der Waals surface area contributed by atoms with Gasteiger partial charge in [-0.15, -0.1) is 35.3 Å². The number of nitrogens with zero attached hydrogens (tertiary/aromatic N) is 2. The molecular weight excluding hydrogens is 443 g/mol. The number of hydrogen-bond acceptors (Lipinski definition) is 3. The normalized spacial score (nSPS) is 12.6. The second-order valence-electron chi connectivity index (χ2n) is 6.44. The molecule has 2 aromatic rings. The van der Waals surface area contributed by atoms with Gasteiger partial charge in [0.15, 0.2) is 5.96 Å². The summed E-state index contributed by atoms with van der Waals surface area (Å²) in [5.74, 6) is 1.72. The van der Waals surface area contributed by atoms with E-state index in [-0.39, 0.29) is 24.0 Å². The zero-order chi connectivity index (χ0) is 17.5. The third-order valence-electron chi connectivity index (χ3n) is 3.98. The molecule has 6 heteroatoms. The van der Waals surface area contributed by atoms with Gasteiger partial charge in [0.25, 0.3) is 0 Å². The third-order valence-corrected chi connectivity index (χ3v) is 4.85. The van der Waals surface area contributed by atoms with Crippen LogP contribution >= 0.6 is 35.3 Å². The number of aliphatic imine (C=N–C) groups is 1. The Morgan fingerprint density at radius 1 is 1.24 bits per heavy atom. The summed E-state index contributed by atoms with van der Waals surface area (Å²) in [5, 5.41) is 9.97. The summed E-state index contributed by atoms with van der Waals surface area (Å²) in [4.78, 5) is 8.94. The van der Waals surface area contributed by atoms with E-state index in [9.17, 15) is 0 Å². The Morgan fingerprint density at radius 3 is 2.60 bits per heavy atom. The molecule has 0 fully saturated rings. The molecule has 0 aliphatic rings. The minimum absolute atomic E-state index is 0. The van der Waals surface area contributed by atoms with Crippen molar-refractivity contribution in [2.24, 2.45) is 4.99 Å². The van der Waals surface area contributed by atoms with E-state index in [4.69, 9.17) is 0 Å². The zero-order valence-corrected chi connectivity index (χ0v) is 18.8. The molecule has 2 rings (SSSR count). The lowest BCUT2D eigenvalue weighted by Crippen LogP contribution is -2.38. The summed E-state index contributed by atoms with van der Waals surface area (Å²) in [6, 6.07) is 8.66. The molecule has 1 heterocycles. The number of halogens is 1. The molecule has 2 N–H and O–H groups in total. The molecule has 0 bridgehead atoms. The standard InChI is InChI=1S/C19H28N4S.HI/c1-13(2)17-12-24-18(23-17)11-22-19(20-5)21-10-15(4)16-8-6-7-14(3)9-16;/h6-9,12-13,15H,10-11H2,1-5H3,(H2,20,21,22);1H. The Hall–Kier alpha value is -1.15. The van der Waals surface area contributed by atoms with Crippen LogP contribution in [0.25, 0.3) is 0 Å². The first kappa shape index (κ1) is 21.9. The lowest BCUT2D eigenvalue weighted by molar-refractivity contribution is 0.697. The number of hydrogen-bond donors (Lipinski definition) is 2. The van der Waals surface area contributed by atoms with Gasteiger partial charge >= 0.3 is 0 Å².